The number of fused-ring (bicyclic) bond motifs is 3. The minimum Gasteiger partial charge on any atom is -0.434 e. The van der Waals surface area contributed by atoms with Crippen LogP contribution in [0.25, 0.3) is 11.0 Å². The quantitative estimate of drug-likeness (QED) is 0.663. The molecule has 1 atom stereocenters. The van der Waals surface area contributed by atoms with Gasteiger partial charge in [-0.3, -0.25) is 10.2 Å². The van der Waals surface area contributed by atoms with Crippen LogP contribution in [0.1, 0.15) is 11.1 Å². The zero-order chi connectivity index (χ0) is 17.0. The van der Waals surface area contributed by atoms with Crippen LogP contribution in [0.5, 0.6) is 0 Å². The van der Waals surface area contributed by atoms with Gasteiger partial charge in [-0.25, -0.2) is 4.79 Å². The Kier molecular flexibility index (Phi) is 2.59. The zero-order valence-electron chi connectivity index (χ0n) is 12.8. The van der Waals surface area contributed by atoms with E-state index in [1.807, 2.05) is 18.2 Å². The minimum atomic E-state index is -1.47. The first-order chi connectivity index (χ1) is 12.2. The van der Waals surface area contributed by atoms with Gasteiger partial charge in [0.1, 0.15) is 11.1 Å². The standard InChI is InChI=1S/C18H11N3O4/c22-16-11(9-10-5-1-4-8-14(10)24-16)15-20-21-18(25-15)12-6-2-3-7-13(12)19-17(18)23/h1-9,21H,(H,19,23). The number of hydrogen-bond donors (Lipinski definition) is 2. The van der Waals surface area contributed by atoms with Gasteiger partial charge in [-0.05, 0) is 18.2 Å². The Balaban J connectivity index is 1.60. The highest BCUT2D eigenvalue weighted by Crippen LogP contribution is 2.39. The molecule has 3 aromatic rings. The van der Waals surface area contributed by atoms with Crippen molar-refractivity contribution in [3.8, 4) is 0 Å². The third kappa shape index (κ3) is 1.83. The largest absolute Gasteiger partial charge is 0.434 e. The lowest BCUT2D eigenvalue weighted by Gasteiger charge is -2.20. The second kappa shape index (κ2) is 4.70. The number of anilines is 1. The molecule has 1 spiro atoms. The highest BCUT2D eigenvalue weighted by Gasteiger charge is 2.53. The first kappa shape index (κ1) is 13.8. The average molecular weight is 333 g/mol. The lowest BCUT2D eigenvalue weighted by Crippen LogP contribution is -2.44. The lowest BCUT2D eigenvalue weighted by atomic mass is 10.1. The molecule has 2 aliphatic heterocycles. The van der Waals surface area contributed by atoms with Crippen LogP contribution >= 0.6 is 0 Å². The number of hydrazone groups is 1. The van der Waals surface area contributed by atoms with Gasteiger partial charge in [-0.1, -0.05) is 36.4 Å². The van der Waals surface area contributed by atoms with Crippen molar-refractivity contribution < 1.29 is 13.9 Å². The van der Waals surface area contributed by atoms with E-state index in [1.54, 1.807) is 36.4 Å². The number of nitrogens with one attached hydrogen (secondary N) is 2. The normalized spacial score (nSPS) is 20.8. The van der Waals surface area contributed by atoms with Crippen molar-refractivity contribution in [2.24, 2.45) is 5.10 Å². The minimum absolute atomic E-state index is 0.0198. The van der Waals surface area contributed by atoms with Gasteiger partial charge in [-0.2, -0.15) is 0 Å². The maximum absolute atomic E-state index is 12.5. The number of amides is 1. The van der Waals surface area contributed by atoms with E-state index in [4.69, 9.17) is 9.15 Å². The fraction of sp³-hybridized carbons (Fsp3) is 0.0556. The van der Waals surface area contributed by atoms with Crippen LogP contribution in [-0.4, -0.2) is 11.8 Å². The van der Waals surface area contributed by atoms with Gasteiger partial charge in [0.05, 0.1) is 11.3 Å². The van der Waals surface area contributed by atoms with Crippen molar-refractivity contribution in [1.82, 2.24) is 5.43 Å². The Morgan fingerprint density at radius 2 is 1.80 bits per heavy atom. The Morgan fingerprint density at radius 3 is 2.72 bits per heavy atom. The van der Waals surface area contributed by atoms with Gasteiger partial charge in [0, 0.05) is 5.39 Å². The fourth-order valence-corrected chi connectivity index (χ4v) is 3.09. The van der Waals surface area contributed by atoms with Crippen molar-refractivity contribution in [3.63, 3.8) is 0 Å². The number of carbonyl (C=O) groups is 1. The van der Waals surface area contributed by atoms with Gasteiger partial charge in [0.15, 0.2) is 0 Å². The first-order valence-corrected chi connectivity index (χ1v) is 7.65. The molecule has 3 heterocycles. The average Bonchev–Trinajstić information content (AvgIpc) is 3.18. The number of rotatable bonds is 1. The smallest absolute Gasteiger partial charge is 0.349 e. The molecule has 7 nitrogen and oxygen atoms in total. The zero-order valence-corrected chi connectivity index (χ0v) is 12.8. The van der Waals surface area contributed by atoms with Gasteiger partial charge < -0.3 is 14.5 Å². The summed E-state index contributed by atoms with van der Waals surface area (Å²) in [4.78, 5) is 24.8. The number of hydrogen-bond acceptors (Lipinski definition) is 6. The predicted molar refractivity (Wildman–Crippen MR) is 90.0 cm³/mol. The van der Waals surface area contributed by atoms with Crippen molar-refractivity contribution >= 4 is 28.5 Å². The molecule has 2 N–H and O–H groups in total. The molecule has 1 amide bonds. The molecule has 0 fully saturated rings. The fourth-order valence-electron chi connectivity index (χ4n) is 3.09. The van der Waals surface area contributed by atoms with Gasteiger partial charge in [0.25, 0.3) is 5.91 Å². The van der Waals surface area contributed by atoms with E-state index in [0.717, 1.165) is 5.39 Å². The maximum Gasteiger partial charge on any atom is 0.349 e. The van der Waals surface area contributed by atoms with Gasteiger partial charge in [-0.15, -0.1) is 5.10 Å². The maximum atomic E-state index is 12.5. The van der Waals surface area contributed by atoms with Crippen molar-refractivity contribution in [2.75, 3.05) is 5.32 Å². The van der Waals surface area contributed by atoms with Crippen molar-refractivity contribution in [3.05, 3.63) is 76.1 Å². The molecule has 0 aliphatic carbocycles. The summed E-state index contributed by atoms with van der Waals surface area (Å²) in [6, 6.07) is 15.9. The molecule has 0 saturated carbocycles. The molecule has 7 heteroatoms. The monoisotopic (exact) mass is 333 g/mol. The van der Waals surface area contributed by atoms with E-state index in [2.05, 4.69) is 15.8 Å². The van der Waals surface area contributed by atoms with Crippen molar-refractivity contribution in [2.45, 2.75) is 5.72 Å². The van der Waals surface area contributed by atoms with E-state index in [1.165, 1.54) is 0 Å². The summed E-state index contributed by atoms with van der Waals surface area (Å²) in [5.74, 6) is -0.371. The Morgan fingerprint density at radius 1 is 1.00 bits per heavy atom. The van der Waals surface area contributed by atoms with Crippen LogP contribution < -0.4 is 16.4 Å². The number of nitrogens with zero attached hydrogens (tertiary/aromatic N) is 1. The van der Waals surface area contributed by atoms with Crippen LogP contribution in [0, 0.1) is 0 Å². The Labute approximate surface area is 140 Å². The second-order valence-electron chi connectivity index (χ2n) is 5.80. The summed E-state index contributed by atoms with van der Waals surface area (Å²) in [6.07, 6.45) is 0. The number of benzene rings is 2. The van der Waals surface area contributed by atoms with Gasteiger partial charge in [0.2, 0.25) is 5.90 Å². The van der Waals surface area contributed by atoms with Crippen molar-refractivity contribution in [1.29, 1.82) is 0 Å². The molecule has 25 heavy (non-hydrogen) atoms. The molecule has 1 unspecified atom stereocenters. The van der Waals surface area contributed by atoms with Crippen LogP contribution in [0.4, 0.5) is 5.69 Å². The molecule has 122 valence electrons. The van der Waals surface area contributed by atoms with Crippen LogP contribution in [0.2, 0.25) is 0 Å². The summed E-state index contributed by atoms with van der Waals surface area (Å²) < 4.78 is 11.1. The van der Waals surface area contributed by atoms with E-state index in [-0.39, 0.29) is 11.5 Å². The predicted octanol–water partition coefficient (Wildman–Crippen LogP) is 1.88. The van der Waals surface area contributed by atoms with Crippen LogP contribution in [0.3, 0.4) is 0 Å². The molecular formula is C18H11N3O4. The van der Waals surface area contributed by atoms with Crippen LogP contribution in [-0.2, 0) is 15.3 Å². The summed E-state index contributed by atoms with van der Waals surface area (Å²) in [6.45, 7) is 0. The first-order valence-electron chi connectivity index (χ1n) is 7.65. The highest BCUT2D eigenvalue weighted by molar-refractivity contribution is 6.08. The lowest BCUT2D eigenvalue weighted by molar-refractivity contribution is -0.133. The third-order valence-corrected chi connectivity index (χ3v) is 4.31. The van der Waals surface area contributed by atoms with E-state index in [9.17, 15) is 9.59 Å². The summed E-state index contributed by atoms with van der Waals surface area (Å²) >= 11 is 0. The Bertz CT molecular complexity index is 1130. The number of ether oxygens (including phenoxy) is 1. The molecule has 2 aliphatic rings. The van der Waals surface area contributed by atoms with E-state index >= 15 is 0 Å². The molecule has 0 bridgehead atoms. The third-order valence-electron chi connectivity index (χ3n) is 4.31. The van der Waals surface area contributed by atoms with Gasteiger partial charge >= 0.3 is 11.4 Å². The SMILES string of the molecule is O=C1Nc2ccccc2C12NN=C(c1cc3ccccc3oc1=O)O2. The molecular weight excluding hydrogens is 322 g/mol. The molecule has 0 saturated heterocycles. The molecule has 2 aromatic carbocycles. The summed E-state index contributed by atoms with van der Waals surface area (Å²) in [5, 5.41) is 7.56. The van der Waals surface area contributed by atoms with Crippen LogP contribution in [0.15, 0.2) is 68.9 Å². The topological polar surface area (TPSA) is 92.9 Å². The summed E-state index contributed by atoms with van der Waals surface area (Å²) in [5.41, 5.74) is 2.57. The molecule has 1 aromatic heterocycles. The second-order valence-corrected chi connectivity index (χ2v) is 5.80. The molecule has 5 rings (SSSR count). The highest BCUT2D eigenvalue weighted by atomic mass is 16.6. The molecule has 0 radical (unpaired) electrons. The van der Waals surface area contributed by atoms with E-state index in [0.29, 0.717) is 16.8 Å². The van der Waals surface area contributed by atoms with E-state index < -0.39 is 17.3 Å². The number of para-hydroxylation sites is 2. The summed E-state index contributed by atoms with van der Waals surface area (Å²) in [7, 11) is 0. The Hall–Kier alpha value is -3.61. The number of carbonyl (C=O) groups excluding carboxylic acids is 1.